The molecule has 0 bridgehead atoms. The van der Waals surface area contributed by atoms with Gasteiger partial charge in [-0.15, -0.1) is 0 Å². The first kappa shape index (κ1) is 17.9. The number of carbonyl (C=O) groups is 2. The molecule has 24 heavy (non-hydrogen) atoms. The van der Waals surface area contributed by atoms with Crippen LogP contribution < -0.4 is 4.74 Å². The largest absolute Gasteiger partial charge is 0.482 e. The quantitative estimate of drug-likeness (QED) is 0.741. The van der Waals surface area contributed by atoms with E-state index >= 15 is 0 Å². The van der Waals surface area contributed by atoms with Crippen molar-refractivity contribution in [2.24, 2.45) is 0 Å². The Labute approximate surface area is 144 Å². The number of ether oxygens (including phenoxy) is 3. The Bertz CT molecular complexity index is 750. The van der Waals surface area contributed by atoms with Gasteiger partial charge in [0.15, 0.2) is 6.61 Å². The molecular formula is C17H17ClO6. The van der Waals surface area contributed by atoms with Crippen molar-refractivity contribution in [3.8, 4) is 5.75 Å². The van der Waals surface area contributed by atoms with Crippen LogP contribution in [-0.4, -0.2) is 25.7 Å². The van der Waals surface area contributed by atoms with Crippen molar-refractivity contribution in [1.29, 1.82) is 0 Å². The van der Waals surface area contributed by atoms with E-state index in [1.165, 1.54) is 7.11 Å². The third kappa shape index (κ3) is 4.52. The number of rotatable bonds is 6. The number of benzene rings is 1. The second kappa shape index (κ2) is 7.88. The molecule has 2 rings (SSSR count). The molecule has 0 amide bonds. The molecule has 0 atom stereocenters. The smallest absolute Gasteiger partial charge is 0.374 e. The lowest BCUT2D eigenvalue weighted by Gasteiger charge is -2.08. The van der Waals surface area contributed by atoms with Gasteiger partial charge in [-0.1, -0.05) is 11.6 Å². The number of furan rings is 1. The summed E-state index contributed by atoms with van der Waals surface area (Å²) in [7, 11) is 1.26. The van der Waals surface area contributed by atoms with Gasteiger partial charge in [0.25, 0.3) is 0 Å². The summed E-state index contributed by atoms with van der Waals surface area (Å²) in [6.07, 6.45) is 0. The highest BCUT2D eigenvalue weighted by atomic mass is 35.5. The van der Waals surface area contributed by atoms with Gasteiger partial charge >= 0.3 is 11.9 Å². The molecule has 1 heterocycles. The second-order valence-electron chi connectivity index (χ2n) is 5.08. The fourth-order valence-corrected chi connectivity index (χ4v) is 2.25. The summed E-state index contributed by atoms with van der Waals surface area (Å²) < 4.78 is 20.3. The number of halogens is 1. The number of aryl methyl sites for hydroxylation is 2. The molecule has 0 unspecified atom stereocenters. The van der Waals surface area contributed by atoms with Gasteiger partial charge in [-0.2, -0.15) is 0 Å². The van der Waals surface area contributed by atoms with Crippen molar-refractivity contribution in [2.45, 2.75) is 20.5 Å². The molecule has 0 N–H and O–H groups in total. The average molecular weight is 353 g/mol. The minimum Gasteiger partial charge on any atom is -0.482 e. The molecule has 1 aromatic carbocycles. The summed E-state index contributed by atoms with van der Waals surface area (Å²) >= 11 is 5.85. The van der Waals surface area contributed by atoms with Gasteiger partial charge < -0.3 is 18.6 Å². The fraction of sp³-hybridized carbons (Fsp3) is 0.294. The fourth-order valence-electron chi connectivity index (χ4n) is 2.02. The number of hydrogen-bond acceptors (Lipinski definition) is 6. The topological polar surface area (TPSA) is 75.0 Å². The number of esters is 2. The normalized spacial score (nSPS) is 10.3. The molecular weight excluding hydrogens is 336 g/mol. The molecule has 0 saturated heterocycles. The molecule has 0 saturated carbocycles. The van der Waals surface area contributed by atoms with Crippen molar-refractivity contribution in [3.63, 3.8) is 0 Å². The van der Waals surface area contributed by atoms with E-state index in [0.29, 0.717) is 22.1 Å². The molecule has 0 fully saturated rings. The van der Waals surface area contributed by atoms with Gasteiger partial charge in [0.05, 0.1) is 7.11 Å². The van der Waals surface area contributed by atoms with Crippen LogP contribution in [0.5, 0.6) is 5.75 Å². The third-order valence-electron chi connectivity index (χ3n) is 3.20. The van der Waals surface area contributed by atoms with Crippen molar-refractivity contribution >= 4 is 23.5 Å². The van der Waals surface area contributed by atoms with Crippen LogP contribution in [0.15, 0.2) is 28.7 Å². The van der Waals surface area contributed by atoms with Crippen molar-refractivity contribution < 1.29 is 28.2 Å². The minimum atomic E-state index is -0.577. The summed E-state index contributed by atoms with van der Waals surface area (Å²) in [4.78, 5) is 23.2. The predicted molar refractivity (Wildman–Crippen MR) is 86.3 cm³/mol. The molecule has 0 aliphatic carbocycles. The van der Waals surface area contributed by atoms with E-state index in [2.05, 4.69) is 4.74 Å². The first-order valence-electron chi connectivity index (χ1n) is 7.13. The summed E-state index contributed by atoms with van der Waals surface area (Å²) in [5, 5.41) is 0.594. The standard InChI is InChI=1S/C17H17ClO6/c1-10-6-12(18)4-5-14(10)22-9-15(19)23-8-13-7-11(2)16(24-13)17(20)21-3/h4-7H,8-9H2,1-3H3. The Morgan fingerprint density at radius 3 is 2.58 bits per heavy atom. The first-order chi connectivity index (χ1) is 11.4. The molecule has 6 nitrogen and oxygen atoms in total. The van der Waals surface area contributed by atoms with Crippen LogP contribution in [0.1, 0.15) is 27.4 Å². The molecule has 0 aliphatic heterocycles. The van der Waals surface area contributed by atoms with E-state index in [9.17, 15) is 9.59 Å². The zero-order valence-electron chi connectivity index (χ0n) is 13.6. The Balaban J connectivity index is 1.86. The van der Waals surface area contributed by atoms with Crippen LogP contribution >= 0.6 is 11.6 Å². The number of carbonyl (C=O) groups excluding carboxylic acids is 2. The Kier molecular flexibility index (Phi) is 5.87. The zero-order valence-corrected chi connectivity index (χ0v) is 14.3. The van der Waals surface area contributed by atoms with E-state index in [4.69, 9.17) is 25.5 Å². The first-order valence-corrected chi connectivity index (χ1v) is 7.50. The summed E-state index contributed by atoms with van der Waals surface area (Å²) in [5.41, 5.74) is 1.43. The monoisotopic (exact) mass is 352 g/mol. The molecule has 128 valence electrons. The van der Waals surface area contributed by atoms with Gasteiger partial charge in [0.2, 0.25) is 5.76 Å². The van der Waals surface area contributed by atoms with Crippen molar-refractivity contribution in [3.05, 3.63) is 51.9 Å². The highest BCUT2D eigenvalue weighted by Gasteiger charge is 2.17. The van der Waals surface area contributed by atoms with E-state index < -0.39 is 11.9 Å². The predicted octanol–water partition coefficient (Wildman–Crippen LogP) is 3.46. The van der Waals surface area contributed by atoms with E-state index in [0.717, 1.165) is 5.56 Å². The van der Waals surface area contributed by atoms with Crippen molar-refractivity contribution in [1.82, 2.24) is 0 Å². The van der Waals surface area contributed by atoms with Crippen LogP contribution in [0.3, 0.4) is 0 Å². The maximum atomic E-state index is 11.7. The molecule has 0 aliphatic rings. The van der Waals surface area contributed by atoms with Crippen LogP contribution in [0.2, 0.25) is 5.02 Å². The van der Waals surface area contributed by atoms with E-state index in [1.807, 2.05) is 6.92 Å². The Morgan fingerprint density at radius 1 is 1.17 bits per heavy atom. The maximum Gasteiger partial charge on any atom is 0.374 e. The Morgan fingerprint density at radius 2 is 1.92 bits per heavy atom. The highest BCUT2D eigenvalue weighted by molar-refractivity contribution is 6.30. The SMILES string of the molecule is COC(=O)c1oc(COC(=O)COc2ccc(Cl)cc2C)cc1C. The highest BCUT2D eigenvalue weighted by Crippen LogP contribution is 2.22. The molecule has 0 radical (unpaired) electrons. The third-order valence-corrected chi connectivity index (χ3v) is 3.43. The van der Waals surface area contributed by atoms with Crippen LogP contribution in [0.4, 0.5) is 0 Å². The van der Waals surface area contributed by atoms with E-state index in [1.54, 1.807) is 31.2 Å². The lowest BCUT2D eigenvalue weighted by Crippen LogP contribution is -2.15. The lowest BCUT2D eigenvalue weighted by molar-refractivity contribution is -0.147. The van der Waals surface area contributed by atoms with Gasteiger partial charge in [0, 0.05) is 10.6 Å². The van der Waals surface area contributed by atoms with Gasteiger partial charge in [-0.25, -0.2) is 9.59 Å². The molecule has 1 aromatic heterocycles. The Hall–Kier alpha value is -2.47. The summed E-state index contributed by atoms with van der Waals surface area (Å²) in [6, 6.07) is 6.71. The van der Waals surface area contributed by atoms with Crippen LogP contribution in [0, 0.1) is 13.8 Å². The van der Waals surface area contributed by atoms with Gasteiger partial charge in [-0.05, 0) is 43.7 Å². The maximum absolute atomic E-state index is 11.7. The van der Waals surface area contributed by atoms with Crippen molar-refractivity contribution in [2.75, 3.05) is 13.7 Å². The zero-order chi connectivity index (χ0) is 17.7. The van der Waals surface area contributed by atoms with Gasteiger partial charge in [-0.3, -0.25) is 0 Å². The van der Waals surface area contributed by atoms with Gasteiger partial charge in [0.1, 0.15) is 18.1 Å². The molecule has 2 aromatic rings. The molecule has 0 spiro atoms. The molecule has 7 heteroatoms. The summed E-state index contributed by atoms with van der Waals surface area (Å²) in [5.74, 6) is -0.136. The minimum absolute atomic E-state index is 0.0941. The van der Waals surface area contributed by atoms with E-state index in [-0.39, 0.29) is 19.0 Å². The number of methoxy groups -OCH3 is 1. The average Bonchev–Trinajstić information content (AvgIpc) is 2.92. The summed E-state index contributed by atoms with van der Waals surface area (Å²) in [6.45, 7) is 3.19. The van der Waals surface area contributed by atoms with Crippen LogP contribution in [-0.2, 0) is 20.9 Å². The lowest BCUT2D eigenvalue weighted by atomic mass is 10.2. The second-order valence-corrected chi connectivity index (χ2v) is 5.51. The van der Waals surface area contributed by atoms with Crippen LogP contribution in [0.25, 0.3) is 0 Å². The number of hydrogen-bond donors (Lipinski definition) is 0.